The fraction of sp³-hybridized carbons (Fsp3) is 0.611. The lowest BCUT2D eigenvalue weighted by Crippen LogP contribution is -2.49. The first kappa shape index (κ1) is 16.8. The lowest BCUT2D eigenvalue weighted by atomic mass is 9.84. The van der Waals surface area contributed by atoms with Crippen LogP contribution in [-0.4, -0.2) is 24.6 Å². The number of nitrogens with one attached hydrogen (secondary N) is 1. The van der Waals surface area contributed by atoms with Gasteiger partial charge in [-0.2, -0.15) is 0 Å². The summed E-state index contributed by atoms with van der Waals surface area (Å²) in [5.41, 5.74) is 7.04. The molecule has 1 aliphatic carbocycles. The third-order valence-corrected chi connectivity index (χ3v) is 4.50. The summed E-state index contributed by atoms with van der Waals surface area (Å²) in [6.45, 7) is 4.30. The molecule has 0 bridgehead atoms. The van der Waals surface area contributed by atoms with Gasteiger partial charge in [-0.25, -0.2) is 0 Å². The lowest BCUT2D eigenvalue weighted by molar-refractivity contribution is -0.128. The Morgan fingerprint density at radius 2 is 1.91 bits per heavy atom. The molecule has 1 fully saturated rings. The zero-order valence-electron chi connectivity index (χ0n) is 13.7. The van der Waals surface area contributed by atoms with E-state index in [0.717, 1.165) is 18.6 Å². The Hall–Kier alpha value is -1.55. The van der Waals surface area contributed by atoms with Gasteiger partial charge in [-0.3, -0.25) is 4.79 Å². The molecule has 2 unspecified atom stereocenters. The maximum absolute atomic E-state index is 12.3. The molecule has 22 heavy (non-hydrogen) atoms. The van der Waals surface area contributed by atoms with E-state index in [-0.39, 0.29) is 11.9 Å². The predicted molar refractivity (Wildman–Crippen MR) is 88.8 cm³/mol. The zero-order chi connectivity index (χ0) is 15.9. The van der Waals surface area contributed by atoms with Crippen molar-refractivity contribution >= 4 is 5.91 Å². The Labute approximate surface area is 133 Å². The van der Waals surface area contributed by atoms with Gasteiger partial charge >= 0.3 is 0 Å². The normalized spacial score (nSPS) is 18.5. The van der Waals surface area contributed by atoms with Gasteiger partial charge in [-0.05, 0) is 44.7 Å². The molecule has 0 saturated heterocycles. The van der Waals surface area contributed by atoms with Gasteiger partial charge in [0.15, 0.2) is 6.10 Å². The van der Waals surface area contributed by atoms with Gasteiger partial charge in [-0.15, -0.1) is 0 Å². The summed E-state index contributed by atoms with van der Waals surface area (Å²) in [5, 5.41) is 3.08. The van der Waals surface area contributed by atoms with Gasteiger partial charge in [0.2, 0.25) is 0 Å². The first-order valence-corrected chi connectivity index (χ1v) is 8.34. The van der Waals surface area contributed by atoms with Gasteiger partial charge in [-0.1, -0.05) is 37.0 Å². The van der Waals surface area contributed by atoms with Crippen molar-refractivity contribution in [2.75, 3.05) is 6.54 Å². The van der Waals surface area contributed by atoms with Crippen LogP contribution in [0.5, 0.6) is 5.75 Å². The number of hydrogen-bond acceptors (Lipinski definition) is 3. The van der Waals surface area contributed by atoms with E-state index < -0.39 is 6.10 Å². The van der Waals surface area contributed by atoms with Gasteiger partial charge in [0.05, 0.1) is 0 Å². The fourth-order valence-electron chi connectivity index (χ4n) is 3.08. The molecule has 0 radical (unpaired) electrons. The molecule has 3 N–H and O–H groups in total. The van der Waals surface area contributed by atoms with Crippen molar-refractivity contribution in [3.63, 3.8) is 0 Å². The maximum atomic E-state index is 12.3. The molecule has 2 atom stereocenters. The lowest BCUT2D eigenvalue weighted by Gasteiger charge is -2.30. The van der Waals surface area contributed by atoms with Crippen LogP contribution >= 0.6 is 0 Å². The number of benzene rings is 1. The smallest absolute Gasteiger partial charge is 0.261 e. The molecule has 1 aliphatic rings. The van der Waals surface area contributed by atoms with Gasteiger partial charge in [0.25, 0.3) is 5.91 Å². The van der Waals surface area contributed by atoms with Crippen molar-refractivity contribution in [1.29, 1.82) is 0 Å². The van der Waals surface area contributed by atoms with Crippen molar-refractivity contribution in [3.8, 4) is 5.75 Å². The second kappa shape index (κ2) is 8.18. The summed E-state index contributed by atoms with van der Waals surface area (Å²) in [7, 11) is 0. The molecule has 122 valence electrons. The minimum absolute atomic E-state index is 0.0665. The molecular weight excluding hydrogens is 276 g/mol. The number of hydrogen-bond donors (Lipinski definition) is 2. The average Bonchev–Trinajstić information content (AvgIpc) is 2.55. The molecule has 4 heteroatoms. The van der Waals surface area contributed by atoms with E-state index in [9.17, 15) is 4.79 Å². The summed E-state index contributed by atoms with van der Waals surface area (Å²) in [6.07, 6.45) is 5.60. The highest BCUT2D eigenvalue weighted by Crippen LogP contribution is 2.26. The number of nitrogens with two attached hydrogens (primary N) is 1. The molecule has 1 saturated carbocycles. The molecule has 1 aromatic carbocycles. The van der Waals surface area contributed by atoms with Crippen molar-refractivity contribution in [2.45, 2.75) is 58.1 Å². The number of aryl methyl sites for hydroxylation is 1. The van der Waals surface area contributed by atoms with Crippen LogP contribution in [0.15, 0.2) is 24.3 Å². The minimum Gasteiger partial charge on any atom is -0.481 e. The van der Waals surface area contributed by atoms with Crippen LogP contribution in [0.1, 0.15) is 44.6 Å². The summed E-state index contributed by atoms with van der Waals surface area (Å²) >= 11 is 0. The Bertz CT molecular complexity index is 466. The zero-order valence-corrected chi connectivity index (χ0v) is 13.7. The van der Waals surface area contributed by atoms with Crippen LogP contribution < -0.4 is 15.8 Å². The van der Waals surface area contributed by atoms with Crippen LogP contribution in [-0.2, 0) is 4.79 Å². The van der Waals surface area contributed by atoms with Crippen LogP contribution in [0.4, 0.5) is 0 Å². The minimum atomic E-state index is -0.514. The van der Waals surface area contributed by atoms with E-state index >= 15 is 0 Å². The quantitative estimate of drug-likeness (QED) is 0.849. The predicted octanol–water partition coefficient (Wildman–Crippen LogP) is 2.79. The first-order valence-electron chi connectivity index (χ1n) is 8.34. The monoisotopic (exact) mass is 304 g/mol. The second-order valence-corrected chi connectivity index (χ2v) is 6.32. The van der Waals surface area contributed by atoms with Gasteiger partial charge < -0.3 is 15.8 Å². The highest BCUT2D eigenvalue weighted by Gasteiger charge is 2.26. The average molecular weight is 304 g/mol. The van der Waals surface area contributed by atoms with E-state index in [2.05, 4.69) is 5.32 Å². The SMILES string of the molecule is Cc1ccc(OC(C)C(=O)NC(CN)C2CCCCC2)cc1. The van der Waals surface area contributed by atoms with Crippen LogP contribution in [0, 0.1) is 12.8 Å². The van der Waals surface area contributed by atoms with Crippen LogP contribution in [0.2, 0.25) is 0 Å². The van der Waals surface area contributed by atoms with Crippen molar-refractivity contribution in [1.82, 2.24) is 5.32 Å². The van der Waals surface area contributed by atoms with Crippen molar-refractivity contribution in [3.05, 3.63) is 29.8 Å². The topological polar surface area (TPSA) is 64.3 Å². The standard InChI is InChI=1S/C18H28N2O2/c1-13-8-10-16(11-9-13)22-14(2)18(21)20-17(12-19)15-6-4-3-5-7-15/h8-11,14-15,17H,3-7,12,19H2,1-2H3,(H,20,21). The highest BCUT2D eigenvalue weighted by molar-refractivity contribution is 5.81. The molecule has 0 aliphatic heterocycles. The number of rotatable bonds is 6. The fourth-order valence-corrected chi connectivity index (χ4v) is 3.08. The highest BCUT2D eigenvalue weighted by atomic mass is 16.5. The van der Waals surface area contributed by atoms with Crippen LogP contribution in [0.25, 0.3) is 0 Å². The summed E-state index contributed by atoms with van der Waals surface area (Å²) in [5.74, 6) is 1.14. The maximum Gasteiger partial charge on any atom is 0.261 e. The first-order chi connectivity index (χ1) is 10.6. The molecule has 0 aromatic heterocycles. The summed E-state index contributed by atoms with van der Waals surface area (Å²) < 4.78 is 5.71. The Morgan fingerprint density at radius 3 is 2.50 bits per heavy atom. The molecule has 1 aromatic rings. The number of ether oxygens (including phenoxy) is 1. The molecular formula is C18H28N2O2. The second-order valence-electron chi connectivity index (χ2n) is 6.32. The molecule has 0 heterocycles. The van der Waals surface area contributed by atoms with Crippen molar-refractivity contribution in [2.24, 2.45) is 11.7 Å². The van der Waals surface area contributed by atoms with E-state index in [4.69, 9.17) is 10.5 Å². The number of carbonyl (C=O) groups is 1. The number of carbonyl (C=O) groups excluding carboxylic acids is 1. The third-order valence-electron chi connectivity index (χ3n) is 4.50. The van der Waals surface area contributed by atoms with Crippen molar-refractivity contribution < 1.29 is 9.53 Å². The van der Waals surface area contributed by atoms with E-state index in [1.54, 1.807) is 6.92 Å². The Kier molecular flexibility index (Phi) is 6.25. The largest absolute Gasteiger partial charge is 0.481 e. The van der Waals surface area contributed by atoms with Crippen LogP contribution in [0.3, 0.4) is 0 Å². The molecule has 0 spiro atoms. The molecule has 4 nitrogen and oxygen atoms in total. The van der Waals surface area contributed by atoms with Gasteiger partial charge in [0.1, 0.15) is 5.75 Å². The van der Waals surface area contributed by atoms with E-state index in [0.29, 0.717) is 12.5 Å². The molecule has 2 rings (SSSR count). The molecule has 1 amide bonds. The Morgan fingerprint density at radius 1 is 1.27 bits per heavy atom. The summed E-state index contributed by atoms with van der Waals surface area (Å²) in [6, 6.07) is 7.80. The van der Waals surface area contributed by atoms with E-state index in [1.807, 2.05) is 31.2 Å². The third kappa shape index (κ3) is 4.73. The number of amides is 1. The van der Waals surface area contributed by atoms with E-state index in [1.165, 1.54) is 24.8 Å². The Balaban J connectivity index is 1.87. The summed E-state index contributed by atoms with van der Waals surface area (Å²) in [4.78, 5) is 12.3. The van der Waals surface area contributed by atoms with Gasteiger partial charge in [0, 0.05) is 12.6 Å².